The summed E-state index contributed by atoms with van der Waals surface area (Å²) < 4.78 is 18.7. The molecule has 150 valence electrons. The van der Waals surface area contributed by atoms with Gasteiger partial charge in [-0.25, -0.2) is 19.2 Å². The molecule has 1 saturated heterocycles. The van der Waals surface area contributed by atoms with E-state index in [9.17, 15) is 9.18 Å². The van der Waals surface area contributed by atoms with Crippen molar-refractivity contribution < 1.29 is 13.9 Å². The van der Waals surface area contributed by atoms with Gasteiger partial charge in [0.1, 0.15) is 23.5 Å². The number of amides is 1. The molecule has 0 aliphatic carbocycles. The zero-order valence-corrected chi connectivity index (χ0v) is 16.2. The van der Waals surface area contributed by atoms with Crippen molar-refractivity contribution in [1.82, 2.24) is 14.9 Å². The van der Waals surface area contributed by atoms with E-state index < -0.39 is 11.9 Å². The Balaban J connectivity index is 1.70. The van der Waals surface area contributed by atoms with Crippen molar-refractivity contribution in [2.45, 2.75) is 12.5 Å². The average molecular weight is 416 g/mol. The predicted molar refractivity (Wildman–Crippen MR) is 109 cm³/mol. The van der Waals surface area contributed by atoms with Gasteiger partial charge in [-0.15, -0.1) is 0 Å². The number of ether oxygens (including phenoxy) is 1. The predicted octanol–water partition coefficient (Wildman–Crippen LogP) is 3.74. The average Bonchev–Trinajstić information content (AvgIpc) is 2.66. The van der Waals surface area contributed by atoms with Crippen LogP contribution in [-0.4, -0.2) is 40.6 Å². The zero-order valence-electron chi connectivity index (χ0n) is 15.4. The number of carbonyl (C=O) groups is 1. The molecular formula is C20H19ClFN5O2. The molecule has 0 unspecified atom stereocenters. The van der Waals surface area contributed by atoms with Gasteiger partial charge in [0.05, 0.1) is 11.1 Å². The highest BCUT2D eigenvalue weighted by molar-refractivity contribution is 6.30. The van der Waals surface area contributed by atoms with Gasteiger partial charge < -0.3 is 20.7 Å². The van der Waals surface area contributed by atoms with E-state index >= 15 is 0 Å². The van der Waals surface area contributed by atoms with Gasteiger partial charge in [-0.1, -0.05) is 23.7 Å². The van der Waals surface area contributed by atoms with Crippen LogP contribution in [0.15, 0.2) is 42.7 Å². The Morgan fingerprint density at radius 1 is 1.31 bits per heavy atom. The van der Waals surface area contributed by atoms with E-state index in [0.717, 1.165) is 25.1 Å². The summed E-state index contributed by atoms with van der Waals surface area (Å²) in [6, 6.07) is 9.69. The molecule has 1 aromatic heterocycles. The number of anilines is 1. The summed E-state index contributed by atoms with van der Waals surface area (Å²) in [4.78, 5) is 22.1. The van der Waals surface area contributed by atoms with Crippen LogP contribution in [0.5, 0.6) is 5.75 Å². The molecule has 1 atom stereocenters. The standard InChI is InChI=1S/C20H19ClFN5O2/c21-14-9-12(5-6-15(14)22)16(10-27-7-2-8-27)26-19-13-3-1-4-17(29-20(23)28)18(13)24-11-25-19/h1,3-6,9,11,16H,2,7-8,10H2,(H2,23,28)(H,24,25,26)/t16-/m1/s1. The quantitative estimate of drug-likeness (QED) is 0.637. The molecule has 4 rings (SSSR count). The highest BCUT2D eigenvalue weighted by atomic mass is 35.5. The molecule has 29 heavy (non-hydrogen) atoms. The second-order valence-electron chi connectivity index (χ2n) is 6.82. The Morgan fingerprint density at radius 2 is 2.14 bits per heavy atom. The van der Waals surface area contributed by atoms with Crippen LogP contribution in [0.1, 0.15) is 18.0 Å². The Labute approximate surface area is 171 Å². The smallest absolute Gasteiger partial charge is 0.408 e. The maximum Gasteiger partial charge on any atom is 0.410 e. The maximum absolute atomic E-state index is 13.7. The number of para-hydroxylation sites is 1. The third kappa shape index (κ3) is 4.23. The minimum atomic E-state index is -0.915. The van der Waals surface area contributed by atoms with Crippen molar-refractivity contribution in [1.29, 1.82) is 0 Å². The SMILES string of the molecule is NC(=O)Oc1cccc2c(N[C@H](CN3CCC3)c3ccc(F)c(Cl)c3)ncnc12. The number of nitrogens with two attached hydrogens (primary N) is 1. The summed E-state index contributed by atoms with van der Waals surface area (Å²) in [5, 5.41) is 4.17. The molecule has 0 spiro atoms. The van der Waals surface area contributed by atoms with Crippen LogP contribution in [0.3, 0.4) is 0 Å². The summed E-state index contributed by atoms with van der Waals surface area (Å²) in [5.41, 5.74) is 6.45. The fourth-order valence-electron chi connectivity index (χ4n) is 3.32. The zero-order chi connectivity index (χ0) is 20.4. The number of halogens is 2. The molecule has 0 bridgehead atoms. The fourth-order valence-corrected chi connectivity index (χ4v) is 3.51. The molecule has 3 aromatic rings. The summed E-state index contributed by atoms with van der Waals surface area (Å²) in [5.74, 6) is 0.360. The van der Waals surface area contributed by atoms with Crippen molar-refractivity contribution in [2.24, 2.45) is 5.73 Å². The highest BCUT2D eigenvalue weighted by Crippen LogP contribution is 2.31. The number of aromatic nitrogens is 2. The van der Waals surface area contributed by atoms with E-state index in [1.165, 1.54) is 12.4 Å². The fraction of sp³-hybridized carbons (Fsp3) is 0.250. The molecule has 1 fully saturated rings. The molecule has 1 aliphatic rings. The number of nitrogens with one attached hydrogen (secondary N) is 1. The summed E-state index contributed by atoms with van der Waals surface area (Å²) >= 11 is 6.01. The number of hydrogen-bond donors (Lipinski definition) is 2. The van der Waals surface area contributed by atoms with Gasteiger partial charge in [0.15, 0.2) is 5.75 Å². The lowest BCUT2D eigenvalue weighted by atomic mass is 10.0. The summed E-state index contributed by atoms with van der Waals surface area (Å²) in [6.07, 6.45) is 1.63. The number of benzene rings is 2. The topological polar surface area (TPSA) is 93.4 Å². The number of nitrogens with zero attached hydrogens (tertiary/aromatic N) is 3. The second kappa shape index (κ2) is 8.18. The van der Waals surface area contributed by atoms with Crippen LogP contribution >= 0.6 is 11.6 Å². The van der Waals surface area contributed by atoms with Gasteiger partial charge in [0.2, 0.25) is 0 Å². The molecule has 3 N–H and O–H groups in total. The lowest BCUT2D eigenvalue weighted by Crippen LogP contribution is -2.41. The van der Waals surface area contributed by atoms with Crippen molar-refractivity contribution in [3.8, 4) is 5.75 Å². The molecule has 2 heterocycles. The largest absolute Gasteiger partial charge is 0.410 e. The summed E-state index contributed by atoms with van der Waals surface area (Å²) in [7, 11) is 0. The first-order valence-corrected chi connectivity index (χ1v) is 9.54. The van der Waals surface area contributed by atoms with Gasteiger partial charge in [-0.2, -0.15) is 0 Å². The van der Waals surface area contributed by atoms with E-state index in [1.54, 1.807) is 24.3 Å². The normalized spacial score (nSPS) is 15.0. The molecule has 1 amide bonds. The van der Waals surface area contributed by atoms with Gasteiger partial charge >= 0.3 is 6.09 Å². The van der Waals surface area contributed by atoms with E-state index in [4.69, 9.17) is 22.1 Å². The lowest BCUT2D eigenvalue weighted by molar-refractivity contribution is 0.174. The van der Waals surface area contributed by atoms with Crippen molar-refractivity contribution in [3.63, 3.8) is 0 Å². The molecule has 7 nitrogen and oxygen atoms in total. The Bertz CT molecular complexity index is 1060. The van der Waals surface area contributed by atoms with Crippen LogP contribution in [-0.2, 0) is 0 Å². The van der Waals surface area contributed by atoms with E-state index in [0.29, 0.717) is 23.3 Å². The van der Waals surface area contributed by atoms with Gasteiger partial charge in [0.25, 0.3) is 0 Å². The third-order valence-electron chi connectivity index (χ3n) is 4.88. The second-order valence-corrected chi connectivity index (χ2v) is 7.23. The first-order valence-electron chi connectivity index (χ1n) is 9.16. The van der Waals surface area contributed by atoms with Gasteiger partial charge in [-0.05, 0) is 49.3 Å². The Morgan fingerprint density at radius 3 is 2.83 bits per heavy atom. The number of fused-ring (bicyclic) bond motifs is 1. The van der Waals surface area contributed by atoms with E-state index in [-0.39, 0.29) is 16.8 Å². The molecular weight excluding hydrogens is 397 g/mol. The lowest BCUT2D eigenvalue weighted by Gasteiger charge is -2.35. The van der Waals surface area contributed by atoms with Crippen LogP contribution in [0.25, 0.3) is 10.9 Å². The highest BCUT2D eigenvalue weighted by Gasteiger charge is 2.22. The first-order chi connectivity index (χ1) is 14.0. The van der Waals surface area contributed by atoms with Gasteiger partial charge in [0, 0.05) is 11.9 Å². The number of hydrogen-bond acceptors (Lipinski definition) is 6. The summed E-state index contributed by atoms with van der Waals surface area (Å²) in [6.45, 7) is 2.73. The molecule has 2 aromatic carbocycles. The number of carbonyl (C=O) groups excluding carboxylic acids is 1. The minimum absolute atomic E-state index is 0.0719. The maximum atomic E-state index is 13.7. The van der Waals surface area contributed by atoms with Crippen LogP contribution in [0, 0.1) is 5.82 Å². The Hall–Kier alpha value is -2.97. The first kappa shape index (κ1) is 19.4. The number of likely N-dealkylation sites (tertiary alicyclic amines) is 1. The van der Waals surface area contributed by atoms with Crippen molar-refractivity contribution >= 4 is 34.4 Å². The van der Waals surface area contributed by atoms with E-state index in [1.807, 2.05) is 6.07 Å². The van der Waals surface area contributed by atoms with Crippen LogP contribution in [0.4, 0.5) is 15.0 Å². The van der Waals surface area contributed by atoms with Gasteiger partial charge in [-0.3, -0.25) is 0 Å². The minimum Gasteiger partial charge on any atom is -0.408 e. The van der Waals surface area contributed by atoms with Crippen molar-refractivity contribution in [2.75, 3.05) is 25.0 Å². The number of rotatable bonds is 6. The Kier molecular flexibility index (Phi) is 5.46. The molecule has 9 heteroatoms. The molecule has 0 saturated carbocycles. The van der Waals surface area contributed by atoms with Crippen LogP contribution < -0.4 is 15.8 Å². The number of primary amides is 1. The van der Waals surface area contributed by atoms with Crippen molar-refractivity contribution in [3.05, 3.63) is 59.1 Å². The molecule has 1 aliphatic heterocycles. The molecule has 0 radical (unpaired) electrons. The third-order valence-corrected chi connectivity index (χ3v) is 5.17. The monoisotopic (exact) mass is 415 g/mol. The van der Waals surface area contributed by atoms with Crippen LogP contribution in [0.2, 0.25) is 5.02 Å². The van der Waals surface area contributed by atoms with E-state index in [2.05, 4.69) is 20.2 Å².